The number of piperazine rings is 1. The Morgan fingerprint density at radius 3 is 2.56 bits per heavy atom. The summed E-state index contributed by atoms with van der Waals surface area (Å²) < 4.78 is 41.0. The molecule has 12 heteroatoms. The van der Waals surface area contributed by atoms with E-state index < -0.39 is 23.9 Å². The van der Waals surface area contributed by atoms with Gasteiger partial charge >= 0.3 is 6.18 Å². The summed E-state index contributed by atoms with van der Waals surface area (Å²) in [6.07, 6.45) is -3.28. The van der Waals surface area contributed by atoms with Gasteiger partial charge in [-0.2, -0.15) is 18.3 Å². The monoisotopic (exact) mass is 538 g/mol. The van der Waals surface area contributed by atoms with E-state index in [1.165, 1.54) is 11.0 Å². The average molecular weight is 540 g/mol. The van der Waals surface area contributed by atoms with Crippen LogP contribution in [0, 0.1) is 0 Å². The first-order valence-electron chi connectivity index (χ1n) is 10.2. The molecule has 2 atom stereocenters. The first kappa shape index (κ1) is 24.8. The van der Waals surface area contributed by atoms with Crippen LogP contribution in [0.4, 0.5) is 13.2 Å². The minimum Gasteiger partial charge on any atom is -0.393 e. The van der Waals surface area contributed by atoms with E-state index >= 15 is 0 Å². The first-order chi connectivity index (χ1) is 14.9. The zero-order valence-electron chi connectivity index (χ0n) is 17.5. The highest BCUT2D eigenvalue weighted by molar-refractivity contribution is 9.10. The first-order valence-corrected chi connectivity index (χ1v) is 11.3. The van der Waals surface area contributed by atoms with Gasteiger partial charge in [0.15, 0.2) is 5.69 Å². The molecular formula is C20H23BrClF3N4O3. The molecule has 1 N–H and O–H groups in total. The molecule has 1 fully saturated rings. The van der Waals surface area contributed by atoms with Gasteiger partial charge in [-0.15, -0.1) is 0 Å². The summed E-state index contributed by atoms with van der Waals surface area (Å²) in [4.78, 5) is 28.7. The van der Waals surface area contributed by atoms with Crippen molar-refractivity contribution in [2.75, 3.05) is 19.6 Å². The van der Waals surface area contributed by atoms with E-state index in [0.29, 0.717) is 23.8 Å². The minimum absolute atomic E-state index is 0.0557. The summed E-state index contributed by atoms with van der Waals surface area (Å²) in [5.74, 6) is -0.964. The summed E-state index contributed by atoms with van der Waals surface area (Å²) in [5.41, 5.74) is -1.48. The lowest BCUT2D eigenvalue weighted by atomic mass is 10.0. The summed E-state index contributed by atoms with van der Waals surface area (Å²) >= 11 is 9.26. The Balaban J connectivity index is 1.83. The minimum atomic E-state index is -4.71. The number of carbonyl (C=O) groups excluding carboxylic acids is 2. The molecular weight excluding hydrogens is 517 g/mol. The molecule has 32 heavy (non-hydrogen) atoms. The third-order valence-corrected chi connectivity index (χ3v) is 6.34. The molecule has 176 valence electrons. The van der Waals surface area contributed by atoms with Crippen LogP contribution < -0.4 is 0 Å². The molecule has 2 amide bonds. The Morgan fingerprint density at radius 2 is 2.00 bits per heavy atom. The smallest absolute Gasteiger partial charge is 0.393 e. The lowest BCUT2D eigenvalue weighted by Crippen LogP contribution is -2.55. The van der Waals surface area contributed by atoms with E-state index in [-0.39, 0.29) is 52.3 Å². The fourth-order valence-corrected chi connectivity index (χ4v) is 4.52. The molecule has 1 aliphatic heterocycles. The fourth-order valence-electron chi connectivity index (χ4n) is 3.83. The molecule has 0 saturated carbocycles. The van der Waals surface area contributed by atoms with E-state index in [1.54, 1.807) is 11.8 Å². The second-order valence-electron chi connectivity index (χ2n) is 7.82. The lowest BCUT2D eigenvalue weighted by Gasteiger charge is -2.39. The Morgan fingerprint density at radius 1 is 1.31 bits per heavy atom. The number of carbonyl (C=O) groups is 2. The molecule has 0 bridgehead atoms. The SMILES string of the molecule is CCC(CCC(C)O)N1CCN(C(=O)c2nn3c(C(F)(F)F)cc(Br)cc3c2Cl)CC1=O. The van der Waals surface area contributed by atoms with Crippen molar-refractivity contribution in [1.82, 2.24) is 19.4 Å². The van der Waals surface area contributed by atoms with Crippen LogP contribution in [-0.2, 0) is 11.0 Å². The van der Waals surface area contributed by atoms with Gasteiger partial charge in [0.1, 0.15) is 12.2 Å². The number of aromatic nitrogens is 2. The van der Waals surface area contributed by atoms with E-state index in [1.807, 2.05) is 6.92 Å². The van der Waals surface area contributed by atoms with Crippen LogP contribution in [-0.4, -0.2) is 68.1 Å². The van der Waals surface area contributed by atoms with E-state index in [4.69, 9.17) is 11.6 Å². The highest BCUT2D eigenvalue weighted by Gasteiger charge is 2.37. The van der Waals surface area contributed by atoms with Crippen molar-refractivity contribution < 1.29 is 27.9 Å². The fraction of sp³-hybridized carbons (Fsp3) is 0.550. The third-order valence-electron chi connectivity index (χ3n) is 5.51. The van der Waals surface area contributed by atoms with Crippen LogP contribution in [0.1, 0.15) is 49.3 Å². The number of alkyl halides is 3. The average Bonchev–Trinajstić information content (AvgIpc) is 3.03. The maximum atomic E-state index is 13.4. The molecule has 2 unspecified atom stereocenters. The van der Waals surface area contributed by atoms with Gasteiger partial charge < -0.3 is 14.9 Å². The number of amides is 2. The molecule has 7 nitrogen and oxygen atoms in total. The second-order valence-corrected chi connectivity index (χ2v) is 9.11. The summed E-state index contributed by atoms with van der Waals surface area (Å²) in [6, 6.07) is 2.14. The molecule has 2 aromatic heterocycles. The van der Waals surface area contributed by atoms with Crippen LogP contribution >= 0.6 is 27.5 Å². The van der Waals surface area contributed by atoms with Crippen molar-refractivity contribution >= 4 is 44.9 Å². The van der Waals surface area contributed by atoms with E-state index in [0.717, 1.165) is 6.07 Å². The summed E-state index contributed by atoms with van der Waals surface area (Å²) in [7, 11) is 0. The molecule has 0 radical (unpaired) electrons. The van der Waals surface area contributed by atoms with Crippen molar-refractivity contribution in [2.24, 2.45) is 0 Å². The zero-order valence-corrected chi connectivity index (χ0v) is 19.8. The van der Waals surface area contributed by atoms with Crippen LogP contribution in [0.5, 0.6) is 0 Å². The quantitative estimate of drug-likeness (QED) is 0.602. The van der Waals surface area contributed by atoms with E-state index in [9.17, 15) is 27.9 Å². The Kier molecular flexibility index (Phi) is 7.41. The number of aliphatic hydroxyl groups excluding tert-OH is 1. The lowest BCUT2D eigenvalue weighted by molar-refractivity contribution is -0.142. The van der Waals surface area contributed by atoms with Gasteiger partial charge in [-0.25, -0.2) is 4.52 Å². The number of halogens is 5. The number of rotatable bonds is 6. The van der Waals surface area contributed by atoms with Gasteiger partial charge in [0.2, 0.25) is 5.91 Å². The standard InChI is InChI=1S/C20H23BrClF3N4O3/c1-3-13(5-4-11(2)30)28-7-6-27(10-16(28)31)19(32)18-17(22)14-8-12(21)9-15(20(23,24)25)29(14)26-18/h8-9,11,13,30H,3-7,10H2,1-2H3. The highest BCUT2D eigenvalue weighted by Crippen LogP contribution is 2.35. The molecule has 0 spiro atoms. The molecule has 0 aromatic carbocycles. The number of fused-ring (bicyclic) bond motifs is 1. The number of pyridine rings is 1. The number of aliphatic hydroxyl groups is 1. The largest absolute Gasteiger partial charge is 0.433 e. The van der Waals surface area contributed by atoms with Crippen LogP contribution in [0.2, 0.25) is 5.02 Å². The number of hydrogen-bond donors (Lipinski definition) is 1. The molecule has 0 aliphatic carbocycles. The maximum absolute atomic E-state index is 13.4. The van der Waals surface area contributed by atoms with E-state index in [2.05, 4.69) is 21.0 Å². The predicted octanol–water partition coefficient (Wildman–Crippen LogP) is 3.99. The zero-order chi connectivity index (χ0) is 23.8. The topological polar surface area (TPSA) is 78.2 Å². The van der Waals surface area contributed by atoms with Gasteiger partial charge in [0.25, 0.3) is 5.91 Å². The number of nitrogens with zero attached hydrogens (tertiary/aromatic N) is 4. The van der Waals surface area contributed by atoms with Crippen molar-refractivity contribution in [3.63, 3.8) is 0 Å². The molecule has 3 heterocycles. The van der Waals surface area contributed by atoms with Crippen molar-refractivity contribution in [2.45, 2.75) is 51.4 Å². The summed E-state index contributed by atoms with van der Waals surface area (Å²) in [6.45, 7) is 3.91. The van der Waals surface area contributed by atoms with Crippen molar-refractivity contribution in [3.8, 4) is 0 Å². The van der Waals surface area contributed by atoms with Crippen LogP contribution in [0.25, 0.3) is 5.52 Å². The Bertz CT molecular complexity index is 1030. The van der Waals surface area contributed by atoms with Crippen molar-refractivity contribution in [1.29, 1.82) is 0 Å². The summed E-state index contributed by atoms with van der Waals surface area (Å²) in [5, 5.41) is 13.2. The van der Waals surface area contributed by atoms with Gasteiger partial charge in [-0.05, 0) is 38.3 Å². The molecule has 3 rings (SSSR count). The maximum Gasteiger partial charge on any atom is 0.433 e. The van der Waals surface area contributed by atoms with Gasteiger partial charge in [0.05, 0.1) is 16.6 Å². The predicted molar refractivity (Wildman–Crippen MR) is 116 cm³/mol. The van der Waals surface area contributed by atoms with Gasteiger partial charge in [-0.3, -0.25) is 9.59 Å². The Hall–Kier alpha value is -1.85. The van der Waals surface area contributed by atoms with Gasteiger partial charge in [-0.1, -0.05) is 34.5 Å². The second kappa shape index (κ2) is 9.56. The molecule has 2 aromatic rings. The Labute approximate surface area is 196 Å². The molecule has 1 saturated heterocycles. The third kappa shape index (κ3) is 5.04. The highest BCUT2D eigenvalue weighted by atomic mass is 79.9. The van der Waals surface area contributed by atoms with Crippen LogP contribution in [0.3, 0.4) is 0 Å². The normalized spacial score (nSPS) is 17.2. The van der Waals surface area contributed by atoms with Crippen molar-refractivity contribution in [3.05, 3.63) is 33.0 Å². The van der Waals surface area contributed by atoms with Gasteiger partial charge in [0, 0.05) is 23.6 Å². The molecule has 1 aliphatic rings. The number of hydrogen-bond acceptors (Lipinski definition) is 4. The van der Waals surface area contributed by atoms with Crippen LogP contribution in [0.15, 0.2) is 16.6 Å².